The second-order valence-corrected chi connectivity index (χ2v) is 8.70. The summed E-state index contributed by atoms with van der Waals surface area (Å²) in [6.45, 7) is 8.03. The number of nitrogens with zero attached hydrogens (tertiary/aromatic N) is 3. The molecule has 160 valence electrons. The van der Waals surface area contributed by atoms with Crippen LogP contribution in [0.5, 0.6) is 0 Å². The molecule has 3 rings (SSSR count). The monoisotopic (exact) mass is 400 g/mol. The molecule has 1 aliphatic heterocycles. The van der Waals surface area contributed by atoms with Crippen LogP contribution in [0.1, 0.15) is 69.2 Å². The standard InChI is InChI=1S/C23H36N4O2/c1-3-18(2)16-25-23(29)20-9-10-21(24-17-20)26-11-13-27(14-12-26)22(28)15-19-7-5-4-6-8-19/h9-10,17-19H,3-8,11-16H2,1-2H3,(H,25,29). The molecule has 6 nitrogen and oxygen atoms in total. The van der Waals surface area contributed by atoms with Crippen LogP contribution in [0.4, 0.5) is 5.82 Å². The van der Waals surface area contributed by atoms with Gasteiger partial charge >= 0.3 is 0 Å². The SMILES string of the molecule is CCC(C)CNC(=O)c1ccc(N2CCN(C(=O)CC3CCCCC3)CC2)nc1. The molecule has 1 atom stereocenters. The van der Waals surface area contributed by atoms with Crippen molar-refractivity contribution >= 4 is 17.6 Å². The van der Waals surface area contributed by atoms with Gasteiger partial charge in [0.1, 0.15) is 5.82 Å². The number of rotatable bonds is 7. The highest BCUT2D eigenvalue weighted by atomic mass is 16.2. The fraction of sp³-hybridized carbons (Fsp3) is 0.696. The van der Waals surface area contributed by atoms with Crippen LogP contribution >= 0.6 is 0 Å². The summed E-state index contributed by atoms with van der Waals surface area (Å²) in [5.41, 5.74) is 0.596. The molecule has 1 saturated carbocycles. The quantitative estimate of drug-likeness (QED) is 0.761. The molecule has 0 bridgehead atoms. The van der Waals surface area contributed by atoms with Crippen LogP contribution in [0.3, 0.4) is 0 Å². The van der Waals surface area contributed by atoms with Crippen molar-refractivity contribution in [1.82, 2.24) is 15.2 Å². The van der Waals surface area contributed by atoms with Crippen molar-refractivity contribution in [2.75, 3.05) is 37.6 Å². The summed E-state index contributed by atoms with van der Waals surface area (Å²) in [6, 6.07) is 3.76. The number of anilines is 1. The summed E-state index contributed by atoms with van der Waals surface area (Å²) in [7, 11) is 0. The van der Waals surface area contributed by atoms with Crippen LogP contribution in [-0.2, 0) is 4.79 Å². The third kappa shape index (κ3) is 6.18. The number of piperazine rings is 1. The number of carbonyl (C=O) groups excluding carboxylic acids is 2. The summed E-state index contributed by atoms with van der Waals surface area (Å²) in [4.78, 5) is 33.5. The van der Waals surface area contributed by atoms with Gasteiger partial charge in [-0.25, -0.2) is 4.98 Å². The number of hydrogen-bond donors (Lipinski definition) is 1. The minimum Gasteiger partial charge on any atom is -0.353 e. The van der Waals surface area contributed by atoms with E-state index in [1.165, 1.54) is 32.1 Å². The van der Waals surface area contributed by atoms with Crippen LogP contribution in [0.25, 0.3) is 0 Å². The first-order valence-electron chi connectivity index (χ1n) is 11.3. The van der Waals surface area contributed by atoms with Crippen LogP contribution in [-0.4, -0.2) is 54.4 Å². The zero-order chi connectivity index (χ0) is 20.6. The molecule has 0 spiro atoms. The summed E-state index contributed by atoms with van der Waals surface area (Å²) < 4.78 is 0. The molecular weight excluding hydrogens is 364 g/mol. The molecule has 1 unspecified atom stereocenters. The maximum Gasteiger partial charge on any atom is 0.252 e. The zero-order valence-electron chi connectivity index (χ0n) is 18.0. The highest BCUT2D eigenvalue weighted by Crippen LogP contribution is 2.27. The van der Waals surface area contributed by atoms with Crippen molar-refractivity contribution < 1.29 is 9.59 Å². The molecular formula is C23H36N4O2. The highest BCUT2D eigenvalue weighted by Gasteiger charge is 2.25. The van der Waals surface area contributed by atoms with Gasteiger partial charge in [0, 0.05) is 45.3 Å². The molecule has 1 N–H and O–H groups in total. The Morgan fingerprint density at radius 2 is 1.86 bits per heavy atom. The molecule has 0 aromatic carbocycles. The number of pyridine rings is 1. The predicted molar refractivity (Wildman–Crippen MR) is 116 cm³/mol. The number of carbonyl (C=O) groups is 2. The zero-order valence-corrected chi connectivity index (χ0v) is 18.0. The van der Waals surface area contributed by atoms with Gasteiger partial charge in [-0.15, -0.1) is 0 Å². The van der Waals surface area contributed by atoms with E-state index in [0.29, 0.717) is 29.9 Å². The van der Waals surface area contributed by atoms with Crippen LogP contribution in [0.15, 0.2) is 18.3 Å². The normalized spacial score (nSPS) is 19.1. The maximum absolute atomic E-state index is 12.6. The van der Waals surface area contributed by atoms with Gasteiger partial charge in [-0.05, 0) is 36.8 Å². The van der Waals surface area contributed by atoms with Gasteiger partial charge in [0.2, 0.25) is 5.91 Å². The minimum absolute atomic E-state index is 0.0671. The lowest BCUT2D eigenvalue weighted by Gasteiger charge is -2.36. The average molecular weight is 401 g/mol. The molecule has 2 aliphatic rings. The fourth-order valence-corrected chi connectivity index (χ4v) is 4.17. The van der Waals surface area contributed by atoms with E-state index in [4.69, 9.17) is 0 Å². The molecule has 1 aromatic rings. The molecule has 2 amide bonds. The lowest BCUT2D eigenvalue weighted by Crippen LogP contribution is -2.49. The van der Waals surface area contributed by atoms with Crippen LogP contribution in [0.2, 0.25) is 0 Å². The fourth-order valence-electron chi connectivity index (χ4n) is 4.17. The van der Waals surface area contributed by atoms with Gasteiger partial charge in [-0.3, -0.25) is 9.59 Å². The second kappa shape index (κ2) is 10.6. The van der Waals surface area contributed by atoms with E-state index in [-0.39, 0.29) is 5.91 Å². The number of nitrogens with one attached hydrogen (secondary N) is 1. The van der Waals surface area contributed by atoms with Crippen molar-refractivity contribution in [2.24, 2.45) is 11.8 Å². The Morgan fingerprint density at radius 3 is 2.48 bits per heavy atom. The Hall–Kier alpha value is -2.11. The van der Waals surface area contributed by atoms with E-state index >= 15 is 0 Å². The first-order valence-corrected chi connectivity index (χ1v) is 11.3. The van der Waals surface area contributed by atoms with E-state index in [1.54, 1.807) is 6.20 Å². The lowest BCUT2D eigenvalue weighted by atomic mass is 9.86. The van der Waals surface area contributed by atoms with Gasteiger partial charge in [-0.1, -0.05) is 39.5 Å². The lowest BCUT2D eigenvalue weighted by molar-refractivity contribution is -0.132. The van der Waals surface area contributed by atoms with E-state index in [0.717, 1.165) is 44.8 Å². The molecule has 2 heterocycles. The largest absolute Gasteiger partial charge is 0.353 e. The van der Waals surface area contributed by atoms with Crippen molar-refractivity contribution in [1.29, 1.82) is 0 Å². The molecule has 0 radical (unpaired) electrons. The maximum atomic E-state index is 12.6. The number of amides is 2. The van der Waals surface area contributed by atoms with Crippen LogP contribution < -0.4 is 10.2 Å². The number of hydrogen-bond acceptors (Lipinski definition) is 4. The average Bonchev–Trinajstić information content (AvgIpc) is 2.78. The smallest absolute Gasteiger partial charge is 0.252 e. The van der Waals surface area contributed by atoms with E-state index in [9.17, 15) is 9.59 Å². The van der Waals surface area contributed by atoms with Crippen molar-refractivity contribution in [3.63, 3.8) is 0 Å². The molecule has 29 heavy (non-hydrogen) atoms. The number of aromatic nitrogens is 1. The Kier molecular flexibility index (Phi) is 7.90. The first kappa shape index (κ1) is 21.6. The minimum atomic E-state index is -0.0671. The third-order valence-electron chi connectivity index (χ3n) is 6.46. The van der Waals surface area contributed by atoms with Crippen LogP contribution in [0, 0.1) is 11.8 Å². The molecule has 6 heteroatoms. The Bertz CT molecular complexity index is 662. The molecule has 2 fully saturated rings. The molecule has 1 saturated heterocycles. The van der Waals surface area contributed by atoms with E-state index in [1.807, 2.05) is 17.0 Å². The van der Waals surface area contributed by atoms with E-state index in [2.05, 4.69) is 29.0 Å². The summed E-state index contributed by atoms with van der Waals surface area (Å²) in [6.07, 6.45) is 9.74. The van der Waals surface area contributed by atoms with Crippen molar-refractivity contribution in [3.8, 4) is 0 Å². The summed E-state index contributed by atoms with van der Waals surface area (Å²) >= 11 is 0. The van der Waals surface area contributed by atoms with E-state index < -0.39 is 0 Å². The first-order chi connectivity index (χ1) is 14.1. The van der Waals surface area contributed by atoms with Gasteiger partial charge in [0.25, 0.3) is 5.91 Å². The molecule has 1 aromatic heterocycles. The predicted octanol–water partition coefficient (Wildman–Crippen LogP) is 3.48. The second-order valence-electron chi connectivity index (χ2n) is 8.70. The molecule has 1 aliphatic carbocycles. The Balaban J connectivity index is 1.45. The van der Waals surface area contributed by atoms with Gasteiger partial charge in [-0.2, -0.15) is 0 Å². The van der Waals surface area contributed by atoms with Gasteiger partial charge in [0.05, 0.1) is 5.56 Å². The van der Waals surface area contributed by atoms with Crippen molar-refractivity contribution in [3.05, 3.63) is 23.9 Å². The third-order valence-corrected chi connectivity index (χ3v) is 6.46. The highest BCUT2D eigenvalue weighted by molar-refractivity contribution is 5.94. The van der Waals surface area contributed by atoms with Gasteiger partial charge < -0.3 is 15.1 Å². The van der Waals surface area contributed by atoms with Gasteiger partial charge in [0.15, 0.2) is 0 Å². The summed E-state index contributed by atoms with van der Waals surface area (Å²) in [5, 5.41) is 2.96. The Morgan fingerprint density at radius 1 is 1.14 bits per heavy atom. The topological polar surface area (TPSA) is 65.5 Å². The summed E-state index contributed by atoms with van der Waals surface area (Å²) in [5.74, 6) is 2.20. The van der Waals surface area contributed by atoms with Crippen molar-refractivity contribution in [2.45, 2.75) is 58.8 Å². The Labute approximate surface area is 175 Å².